The number of aromatic amines is 1. The van der Waals surface area contributed by atoms with E-state index in [9.17, 15) is 20.0 Å². The topological polar surface area (TPSA) is 177 Å². The summed E-state index contributed by atoms with van der Waals surface area (Å²) in [6.07, 6.45) is 1.16. The van der Waals surface area contributed by atoms with Crippen LogP contribution in [0.1, 0.15) is 68.9 Å². The second-order valence-corrected chi connectivity index (χ2v) is 16.5. The van der Waals surface area contributed by atoms with E-state index >= 15 is 0 Å². The molecule has 0 aliphatic carbocycles. The van der Waals surface area contributed by atoms with Crippen LogP contribution in [-0.4, -0.2) is 85.0 Å². The van der Waals surface area contributed by atoms with Gasteiger partial charge < -0.3 is 43.8 Å². The van der Waals surface area contributed by atoms with E-state index in [0.717, 1.165) is 33.3 Å². The fourth-order valence-corrected chi connectivity index (χ4v) is 12.0. The molecule has 11 rings (SSSR count). The van der Waals surface area contributed by atoms with Crippen molar-refractivity contribution in [2.24, 2.45) is 0 Å². The third-order valence-corrected chi connectivity index (χ3v) is 14.1. The van der Waals surface area contributed by atoms with E-state index < -0.39 is 46.9 Å². The number of rotatable bonds is 3. The van der Waals surface area contributed by atoms with Crippen molar-refractivity contribution in [1.29, 1.82) is 5.26 Å². The molecule has 290 valence electrons. The summed E-state index contributed by atoms with van der Waals surface area (Å²) in [5.74, 6) is 1.70. The van der Waals surface area contributed by atoms with E-state index in [2.05, 4.69) is 26.6 Å². The van der Waals surface area contributed by atoms with E-state index in [1.54, 1.807) is 14.2 Å². The Labute approximate surface area is 326 Å². The summed E-state index contributed by atoms with van der Waals surface area (Å²) < 4.78 is 36.2. The van der Waals surface area contributed by atoms with Crippen LogP contribution in [0.2, 0.25) is 0 Å². The number of piperazine rings is 1. The Hall–Kier alpha value is -5.14. The van der Waals surface area contributed by atoms with Crippen molar-refractivity contribution in [2.45, 2.75) is 74.6 Å². The molecule has 14 nitrogen and oxygen atoms in total. The van der Waals surface area contributed by atoms with E-state index in [1.165, 1.54) is 18.7 Å². The number of carbonyl (C=O) groups is 2. The highest BCUT2D eigenvalue weighted by atomic mass is 32.2. The Bertz CT molecular complexity index is 2430. The van der Waals surface area contributed by atoms with Crippen LogP contribution in [-0.2, 0) is 32.7 Å². The van der Waals surface area contributed by atoms with Crippen molar-refractivity contribution in [1.82, 2.24) is 20.5 Å². The number of esters is 2. The highest BCUT2D eigenvalue weighted by Gasteiger charge is 2.60. The molecule has 7 atom stereocenters. The molecule has 1 aromatic heterocycles. The van der Waals surface area contributed by atoms with E-state index in [-0.39, 0.29) is 30.9 Å². The number of aryl methyl sites for hydroxylation is 1. The van der Waals surface area contributed by atoms with Crippen molar-refractivity contribution in [2.75, 3.05) is 39.9 Å². The minimum absolute atomic E-state index is 0.0454. The second kappa shape index (κ2) is 12.7. The van der Waals surface area contributed by atoms with Gasteiger partial charge in [-0.2, -0.15) is 5.26 Å². The molecule has 0 radical (unpaired) electrons. The summed E-state index contributed by atoms with van der Waals surface area (Å²) >= 11 is 1.52. The van der Waals surface area contributed by atoms with Gasteiger partial charge in [-0.3, -0.25) is 15.0 Å². The van der Waals surface area contributed by atoms with Crippen LogP contribution in [0.4, 0.5) is 0 Å². The summed E-state index contributed by atoms with van der Waals surface area (Å²) in [7, 11) is 3.17. The first-order chi connectivity index (χ1) is 27.1. The number of aromatic nitrogens is 1. The number of thioether (sulfide) groups is 1. The van der Waals surface area contributed by atoms with E-state index in [4.69, 9.17) is 28.4 Å². The predicted octanol–water partition coefficient (Wildman–Crippen LogP) is 4.42. The fraction of sp³-hybridized carbons (Fsp3) is 0.439. The number of nitrogens with zero attached hydrogens (tertiary/aromatic N) is 2. The average molecular weight is 780 g/mol. The van der Waals surface area contributed by atoms with Crippen LogP contribution < -0.4 is 34.3 Å². The van der Waals surface area contributed by atoms with Crippen LogP contribution in [0.5, 0.6) is 34.5 Å². The molecule has 4 aromatic rings. The molecule has 1 unspecified atom stereocenters. The molecule has 4 N–H and O–H groups in total. The van der Waals surface area contributed by atoms with Gasteiger partial charge in [0.2, 0.25) is 6.79 Å². The van der Waals surface area contributed by atoms with Crippen molar-refractivity contribution in [3.05, 3.63) is 68.9 Å². The molecule has 0 saturated carbocycles. The summed E-state index contributed by atoms with van der Waals surface area (Å²) in [6, 6.07) is 7.74. The zero-order valence-corrected chi connectivity index (χ0v) is 32.3. The monoisotopic (exact) mass is 779 g/mol. The lowest BCUT2D eigenvalue weighted by Gasteiger charge is -2.59. The first-order valence-corrected chi connectivity index (χ1v) is 19.8. The highest BCUT2D eigenvalue weighted by Crippen LogP contribution is 2.63. The number of benzene rings is 3. The first kappa shape index (κ1) is 35.3. The third-order valence-electron chi connectivity index (χ3n) is 12.6. The Morgan fingerprint density at radius 3 is 2.68 bits per heavy atom. The summed E-state index contributed by atoms with van der Waals surface area (Å²) in [6.45, 7) is 5.45. The number of H-pyrrole nitrogens is 1. The molecule has 7 aliphatic rings. The number of carbonyl (C=O) groups excluding carboxylic acids is 2. The molecule has 4 bridgehead atoms. The van der Waals surface area contributed by atoms with Crippen LogP contribution in [0.25, 0.3) is 10.9 Å². The number of hydrogen-bond acceptors (Lipinski definition) is 14. The molecule has 2 saturated heterocycles. The van der Waals surface area contributed by atoms with Gasteiger partial charge in [0.1, 0.15) is 24.1 Å². The quantitative estimate of drug-likeness (QED) is 0.170. The van der Waals surface area contributed by atoms with Gasteiger partial charge >= 0.3 is 11.9 Å². The Balaban J connectivity index is 1.23. The molecule has 0 amide bonds. The zero-order chi connectivity index (χ0) is 38.8. The minimum Gasteiger partial charge on any atom is -0.504 e. The molecule has 15 heteroatoms. The van der Waals surface area contributed by atoms with Crippen molar-refractivity contribution in [3.8, 4) is 40.6 Å². The molecule has 2 fully saturated rings. The molecular formula is C41H41N5O9S. The normalized spacial score (nSPS) is 28.4. The molecule has 56 heavy (non-hydrogen) atoms. The second-order valence-electron chi connectivity index (χ2n) is 15.4. The van der Waals surface area contributed by atoms with Crippen molar-refractivity contribution in [3.63, 3.8) is 0 Å². The number of methoxy groups -OCH3 is 2. The number of nitriles is 1. The minimum atomic E-state index is -1.29. The van der Waals surface area contributed by atoms with Gasteiger partial charge in [-0.25, -0.2) is 4.79 Å². The SMILES string of the molecule is COc1ccc2[nH]c3c(c2c1)CCN[C@]31CS[C@@H]2c3c(OC(C)=O)c(C)c4c(c3[C@@H](COC1=O)N1C2[C@H]2N[C@@H](Cc3cc(C)c(OC)c(O)c32)[C@@H]1C#N)OCO4. The van der Waals surface area contributed by atoms with Crippen LogP contribution >= 0.6 is 11.8 Å². The van der Waals surface area contributed by atoms with Crippen LogP contribution in [0.15, 0.2) is 24.3 Å². The summed E-state index contributed by atoms with van der Waals surface area (Å²) in [5.41, 5.74) is 5.76. The van der Waals surface area contributed by atoms with Gasteiger partial charge in [0.25, 0.3) is 0 Å². The average Bonchev–Trinajstić information content (AvgIpc) is 3.83. The first-order valence-electron chi connectivity index (χ1n) is 18.8. The number of aromatic hydroxyl groups is 1. The van der Waals surface area contributed by atoms with E-state index in [0.29, 0.717) is 70.4 Å². The standard InChI is InChI=1S/C41H41N5O9S/c1-17-10-20-11-25-26(13-42)46-27-14-52-40(49)41(39-22(8-9-43-41)23-12-21(50-4)6-7-24(23)45-39)15-56-38(32(46)31(44-25)28(20)33(48)34(17)51-5)30-29(27)37-36(53-16-54-37)18(2)35(30)55-19(3)47/h6-7,10,12,25-27,31-32,38,43-45,48H,8-9,11,14-16H2,1-5H3/t25-,26-,27+,31-,32?,38+,41+/m0/s1. The van der Waals surface area contributed by atoms with Crippen molar-refractivity contribution >= 4 is 34.6 Å². The maximum Gasteiger partial charge on any atom is 0.333 e. The van der Waals surface area contributed by atoms with Crippen molar-refractivity contribution < 1.29 is 43.1 Å². The number of phenols is 1. The van der Waals surface area contributed by atoms with Gasteiger partial charge in [0.05, 0.1) is 43.3 Å². The number of hydrogen-bond donors (Lipinski definition) is 4. The maximum absolute atomic E-state index is 14.9. The fourth-order valence-electron chi connectivity index (χ4n) is 10.4. The predicted molar refractivity (Wildman–Crippen MR) is 204 cm³/mol. The van der Waals surface area contributed by atoms with Gasteiger partial charge in [0.15, 0.2) is 28.5 Å². The lowest BCUT2D eigenvalue weighted by molar-refractivity contribution is -0.155. The Morgan fingerprint density at radius 1 is 1.09 bits per heavy atom. The largest absolute Gasteiger partial charge is 0.504 e. The van der Waals surface area contributed by atoms with E-state index in [1.807, 2.05) is 38.1 Å². The number of fused-ring (bicyclic) bond motifs is 11. The zero-order valence-electron chi connectivity index (χ0n) is 31.5. The van der Waals surface area contributed by atoms with Gasteiger partial charge in [0, 0.05) is 64.5 Å². The lowest BCUT2D eigenvalue weighted by atomic mass is 9.72. The summed E-state index contributed by atoms with van der Waals surface area (Å²) in [5, 5.41) is 30.8. The number of ether oxygens (including phenoxy) is 6. The lowest BCUT2D eigenvalue weighted by Crippen LogP contribution is -2.69. The number of phenolic OH excluding ortho intramolecular Hbond substituents is 1. The van der Waals surface area contributed by atoms with Gasteiger partial charge in [-0.05, 0) is 61.6 Å². The molecule has 1 spiro atoms. The van der Waals surface area contributed by atoms with Gasteiger partial charge in [-0.1, -0.05) is 6.07 Å². The smallest absolute Gasteiger partial charge is 0.333 e. The molecule has 8 heterocycles. The van der Waals surface area contributed by atoms with Gasteiger partial charge in [-0.15, -0.1) is 11.8 Å². The molecule has 7 aliphatic heterocycles. The number of nitrogens with one attached hydrogen (secondary N) is 3. The van der Waals surface area contributed by atoms with Crippen LogP contribution in [0, 0.1) is 25.2 Å². The summed E-state index contributed by atoms with van der Waals surface area (Å²) in [4.78, 5) is 33.5. The molecular weight excluding hydrogens is 739 g/mol. The molecule has 3 aromatic carbocycles. The maximum atomic E-state index is 14.9. The third kappa shape index (κ3) is 4.73. The highest BCUT2D eigenvalue weighted by molar-refractivity contribution is 7.99. The van der Waals surface area contributed by atoms with Crippen LogP contribution in [0.3, 0.4) is 0 Å². The Kier molecular flexibility index (Phi) is 7.99. The Morgan fingerprint density at radius 2 is 1.91 bits per heavy atom.